The second kappa shape index (κ2) is 5.49. The van der Waals surface area contributed by atoms with Crippen molar-refractivity contribution in [3.05, 3.63) is 27.7 Å². The van der Waals surface area contributed by atoms with Crippen molar-refractivity contribution >= 4 is 37.6 Å². The molecule has 6 heteroatoms. The number of halogens is 2. The van der Waals surface area contributed by atoms with Crippen LogP contribution < -0.4 is 4.72 Å². The van der Waals surface area contributed by atoms with E-state index >= 15 is 0 Å². The summed E-state index contributed by atoms with van der Waals surface area (Å²) in [5.41, 5.74) is 0. The van der Waals surface area contributed by atoms with Crippen molar-refractivity contribution in [1.82, 2.24) is 4.72 Å². The van der Waals surface area contributed by atoms with Gasteiger partial charge in [0, 0.05) is 10.5 Å². The monoisotopic (exact) mass is 351 g/mol. The molecule has 1 aliphatic rings. The summed E-state index contributed by atoms with van der Waals surface area (Å²) in [5.74, 6) is 0.468. The van der Waals surface area contributed by atoms with Crippen molar-refractivity contribution < 1.29 is 8.42 Å². The largest absolute Gasteiger partial charge is 0.240 e. The normalized spacial score (nSPS) is 18.4. The van der Waals surface area contributed by atoms with Gasteiger partial charge in [0.1, 0.15) is 0 Å². The van der Waals surface area contributed by atoms with Crippen molar-refractivity contribution in [2.75, 3.05) is 0 Å². The van der Waals surface area contributed by atoms with Crippen LogP contribution in [0.5, 0.6) is 0 Å². The Morgan fingerprint density at radius 2 is 2.11 bits per heavy atom. The summed E-state index contributed by atoms with van der Waals surface area (Å²) in [6, 6.07) is 4.60. The molecule has 1 saturated carbocycles. The van der Waals surface area contributed by atoms with E-state index in [0.29, 0.717) is 15.4 Å². The second-order valence-electron chi connectivity index (χ2n) is 4.68. The number of hydrogen-bond donors (Lipinski definition) is 1. The molecule has 0 aromatic heterocycles. The summed E-state index contributed by atoms with van der Waals surface area (Å²) < 4.78 is 27.7. The Balaban J connectivity index is 2.16. The van der Waals surface area contributed by atoms with Crippen LogP contribution in [0, 0.1) is 5.92 Å². The topological polar surface area (TPSA) is 46.2 Å². The lowest BCUT2D eigenvalue weighted by molar-refractivity contribution is 0.260. The van der Waals surface area contributed by atoms with E-state index in [4.69, 9.17) is 11.6 Å². The number of nitrogens with one attached hydrogen (secondary N) is 1. The Bertz CT molecular complexity index is 543. The van der Waals surface area contributed by atoms with Gasteiger partial charge in [-0.15, -0.1) is 0 Å². The second-order valence-corrected chi connectivity index (χ2v) is 7.65. The summed E-state index contributed by atoms with van der Waals surface area (Å²) in [7, 11) is -3.46. The quantitative estimate of drug-likeness (QED) is 0.900. The third-order valence-electron chi connectivity index (χ3n) is 3.40. The summed E-state index contributed by atoms with van der Waals surface area (Å²) >= 11 is 9.09. The number of rotatable bonds is 4. The van der Waals surface area contributed by atoms with Gasteiger partial charge >= 0.3 is 0 Å². The molecule has 0 saturated heterocycles. The molecule has 0 bridgehead atoms. The van der Waals surface area contributed by atoms with E-state index in [2.05, 4.69) is 20.7 Å². The predicted octanol–water partition coefficient (Wildman–Crippen LogP) is 3.57. The zero-order valence-electron chi connectivity index (χ0n) is 9.99. The van der Waals surface area contributed by atoms with E-state index < -0.39 is 10.0 Å². The number of hydrogen-bond acceptors (Lipinski definition) is 2. The highest BCUT2D eigenvalue weighted by atomic mass is 79.9. The molecule has 1 aromatic carbocycles. The summed E-state index contributed by atoms with van der Waals surface area (Å²) in [6.07, 6.45) is 3.41. The SMILES string of the molecule is CC(NS(=O)(=O)c1ccc(Cl)c(Br)c1)C1CCC1. The van der Waals surface area contributed by atoms with Crippen LogP contribution in [0.15, 0.2) is 27.6 Å². The molecule has 100 valence electrons. The van der Waals surface area contributed by atoms with Crippen molar-refractivity contribution in [2.45, 2.75) is 37.1 Å². The zero-order valence-corrected chi connectivity index (χ0v) is 13.1. The highest BCUT2D eigenvalue weighted by Gasteiger charge is 2.28. The Hall–Kier alpha value is -0.100. The fourth-order valence-corrected chi connectivity index (χ4v) is 3.98. The van der Waals surface area contributed by atoms with Crippen LogP contribution >= 0.6 is 27.5 Å². The van der Waals surface area contributed by atoms with Gasteiger partial charge in [0.05, 0.1) is 9.92 Å². The third-order valence-corrected chi connectivity index (χ3v) is 6.17. The van der Waals surface area contributed by atoms with Gasteiger partial charge in [-0.05, 0) is 59.8 Å². The Kier molecular flexibility index (Phi) is 4.36. The Labute approximate surface area is 121 Å². The average molecular weight is 353 g/mol. The lowest BCUT2D eigenvalue weighted by atomic mass is 9.81. The molecule has 1 fully saturated rings. The minimum Gasteiger partial charge on any atom is -0.208 e. The van der Waals surface area contributed by atoms with Gasteiger partial charge in [0.15, 0.2) is 0 Å². The van der Waals surface area contributed by atoms with Crippen LogP contribution in [-0.4, -0.2) is 14.5 Å². The van der Waals surface area contributed by atoms with Crippen LogP contribution in [0.2, 0.25) is 5.02 Å². The van der Waals surface area contributed by atoms with Gasteiger partial charge in [-0.2, -0.15) is 0 Å². The van der Waals surface area contributed by atoms with E-state index in [1.807, 2.05) is 6.92 Å². The van der Waals surface area contributed by atoms with Gasteiger partial charge in [-0.25, -0.2) is 13.1 Å². The van der Waals surface area contributed by atoms with Gasteiger partial charge < -0.3 is 0 Å². The highest BCUT2D eigenvalue weighted by molar-refractivity contribution is 9.10. The number of benzene rings is 1. The maximum absolute atomic E-state index is 12.2. The molecule has 0 radical (unpaired) electrons. The van der Waals surface area contributed by atoms with Crippen molar-refractivity contribution in [1.29, 1.82) is 0 Å². The molecular formula is C12H15BrClNO2S. The fraction of sp³-hybridized carbons (Fsp3) is 0.500. The molecule has 1 atom stereocenters. The maximum Gasteiger partial charge on any atom is 0.240 e. The zero-order chi connectivity index (χ0) is 13.3. The van der Waals surface area contributed by atoms with E-state index in [1.165, 1.54) is 18.6 Å². The fourth-order valence-electron chi connectivity index (χ4n) is 1.99. The first-order valence-electron chi connectivity index (χ1n) is 5.87. The van der Waals surface area contributed by atoms with Gasteiger partial charge in [-0.3, -0.25) is 0 Å². The molecule has 0 spiro atoms. The lowest BCUT2D eigenvalue weighted by Crippen LogP contribution is -2.40. The van der Waals surface area contributed by atoms with Gasteiger partial charge in [0.2, 0.25) is 10.0 Å². The van der Waals surface area contributed by atoms with E-state index in [0.717, 1.165) is 12.8 Å². The molecule has 1 aliphatic carbocycles. The standard InChI is InChI=1S/C12H15BrClNO2S/c1-8(9-3-2-4-9)15-18(16,17)10-5-6-12(14)11(13)7-10/h5-9,15H,2-4H2,1H3. The van der Waals surface area contributed by atoms with Crippen molar-refractivity contribution in [2.24, 2.45) is 5.92 Å². The highest BCUT2D eigenvalue weighted by Crippen LogP contribution is 2.30. The van der Waals surface area contributed by atoms with E-state index in [1.54, 1.807) is 6.07 Å². The molecule has 3 nitrogen and oxygen atoms in total. The Morgan fingerprint density at radius 3 is 2.61 bits per heavy atom. The summed E-state index contributed by atoms with van der Waals surface area (Å²) in [6.45, 7) is 1.92. The first-order valence-corrected chi connectivity index (χ1v) is 8.53. The molecule has 0 aliphatic heterocycles. The van der Waals surface area contributed by atoms with Crippen molar-refractivity contribution in [3.63, 3.8) is 0 Å². The average Bonchev–Trinajstić information content (AvgIpc) is 2.18. The molecule has 2 rings (SSSR count). The number of sulfonamides is 1. The minimum absolute atomic E-state index is 0.0156. The Morgan fingerprint density at radius 1 is 1.44 bits per heavy atom. The summed E-state index contributed by atoms with van der Waals surface area (Å²) in [4.78, 5) is 0.241. The van der Waals surface area contributed by atoms with Crippen LogP contribution in [-0.2, 0) is 10.0 Å². The molecule has 0 amide bonds. The van der Waals surface area contributed by atoms with E-state index in [9.17, 15) is 8.42 Å². The predicted molar refractivity (Wildman–Crippen MR) is 76.3 cm³/mol. The third kappa shape index (κ3) is 3.07. The lowest BCUT2D eigenvalue weighted by Gasteiger charge is -2.31. The van der Waals surface area contributed by atoms with Crippen molar-refractivity contribution in [3.8, 4) is 0 Å². The smallest absolute Gasteiger partial charge is 0.208 e. The minimum atomic E-state index is -3.46. The summed E-state index contributed by atoms with van der Waals surface area (Å²) in [5, 5.41) is 0.501. The van der Waals surface area contributed by atoms with Crippen LogP contribution in [0.3, 0.4) is 0 Å². The molecule has 1 N–H and O–H groups in total. The molecule has 1 aromatic rings. The maximum atomic E-state index is 12.2. The molecular weight excluding hydrogens is 338 g/mol. The first-order chi connectivity index (χ1) is 8.40. The first kappa shape index (κ1) is 14.3. The molecule has 18 heavy (non-hydrogen) atoms. The van der Waals surface area contributed by atoms with Gasteiger partial charge in [-0.1, -0.05) is 18.0 Å². The molecule has 1 unspecified atom stereocenters. The van der Waals surface area contributed by atoms with E-state index in [-0.39, 0.29) is 10.9 Å². The van der Waals surface area contributed by atoms with Gasteiger partial charge in [0.25, 0.3) is 0 Å². The van der Waals surface area contributed by atoms with Crippen LogP contribution in [0.4, 0.5) is 0 Å². The molecule has 0 heterocycles. The van der Waals surface area contributed by atoms with Crippen LogP contribution in [0.25, 0.3) is 0 Å². The van der Waals surface area contributed by atoms with Crippen LogP contribution in [0.1, 0.15) is 26.2 Å².